The van der Waals surface area contributed by atoms with E-state index in [0.717, 1.165) is 11.0 Å². The van der Waals surface area contributed by atoms with Gasteiger partial charge in [-0.2, -0.15) is 0 Å². The molecule has 0 saturated carbocycles. The third kappa shape index (κ3) is 2.28. The molecule has 0 spiro atoms. The number of rotatable bonds is 3. The van der Waals surface area contributed by atoms with Crippen LogP contribution in [0, 0.1) is 5.92 Å². The van der Waals surface area contributed by atoms with Gasteiger partial charge in [0.1, 0.15) is 0 Å². The highest BCUT2D eigenvalue weighted by Gasteiger charge is 2.14. The molecular weight excluding hydrogens is 244 g/mol. The number of nitrogens with zero attached hydrogens (tertiary/aromatic N) is 2. The molecule has 102 valence electrons. The van der Waals surface area contributed by atoms with Gasteiger partial charge in [0.15, 0.2) is 0 Å². The molecule has 1 aromatic carbocycles. The van der Waals surface area contributed by atoms with Gasteiger partial charge in [-0.3, -0.25) is 9.13 Å². The van der Waals surface area contributed by atoms with Crippen LogP contribution in [-0.4, -0.2) is 22.2 Å². The second-order valence-corrected chi connectivity index (χ2v) is 5.04. The second-order valence-electron chi connectivity index (χ2n) is 5.04. The van der Waals surface area contributed by atoms with E-state index in [2.05, 4.69) is 13.8 Å². The monoisotopic (exact) mass is 262 g/mol. The molecule has 0 unspecified atom stereocenters. The van der Waals surface area contributed by atoms with E-state index in [4.69, 9.17) is 4.74 Å². The van der Waals surface area contributed by atoms with Crippen LogP contribution in [0.3, 0.4) is 0 Å². The van der Waals surface area contributed by atoms with Gasteiger partial charge < -0.3 is 4.74 Å². The van der Waals surface area contributed by atoms with Crippen LogP contribution < -0.4 is 5.69 Å². The standard InChI is InChI=1S/C14H18N2O3/c1-9(2)8-16-11-6-5-10(13(17)19-4)7-12(11)15(3)14(16)18/h5-7,9H,8H2,1-4H3. The number of carbonyl (C=O) groups is 1. The lowest BCUT2D eigenvalue weighted by Gasteiger charge is -2.06. The summed E-state index contributed by atoms with van der Waals surface area (Å²) in [6.45, 7) is 4.79. The first-order chi connectivity index (χ1) is 8.95. The van der Waals surface area contributed by atoms with Crippen LogP contribution in [0.25, 0.3) is 11.0 Å². The van der Waals surface area contributed by atoms with Crippen molar-refractivity contribution in [3.8, 4) is 0 Å². The summed E-state index contributed by atoms with van der Waals surface area (Å²) in [7, 11) is 3.05. The molecule has 1 heterocycles. The minimum absolute atomic E-state index is 0.0642. The van der Waals surface area contributed by atoms with E-state index in [1.165, 1.54) is 7.11 Å². The van der Waals surface area contributed by atoms with Crippen LogP contribution >= 0.6 is 0 Å². The fraction of sp³-hybridized carbons (Fsp3) is 0.429. The topological polar surface area (TPSA) is 53.2 Å². The Morgan fingerprint density at radius 3 is 2.58 bits per heavy atom. The molecule has 0 fully saturated rings. The number of fused-ring (bicyclic) bond motifs is 1. The van der Waals surface area contributed by atoms with Crippen LogP contribution in [0.1, 0.15) is 24.2 Å². The predicted molar refractivity (Wildman–Crippen MR) is 73.4 cm³/mol. The van der Waals surface area contributed by atoms with Crippen molar-refractivity contribution in [2.75, 3.05) is 7.11 Å². The van der Waals surface area contributed by atoms with E-state index < -0.39 is 5.97 Å². The molecule has 5 nitrogen and oxygen atoms in total. The van der Waals surface area contributed by atoms with Crippen molar-refractivity contribution in [2.45, 2.75) is 20.4 Å². The molecule has 0 amide bonds. The van der Waals surface area contributed by atoms with Gasteiger partial charge in [0, 0.05) is 13.6 Å². The molecule has 0 aliphatic heterocycles. The molecule has 19 heavy (non-hydrogen) atoms. The predicted octanol–water partition coefficient (Wildman–Crippen LogP) is 1.78. The number of esters is 1. The maximum Gasteiger partial charge on any atom is 0.337 e. The van der Waals surface area contributed by atoms with E-state index >= 15 is 0 Å². The van der Waals surface area contributed by atoms with E-state index in [-0.39, 0.29) is 5.69 Å². The molecule has 2 rings (SSSR count). The fourth-order valence-corrected chi connectivity index (χ4v) is 2.19. The smallest absolute Gasteiger partial charge is 0.337 e. The molecular formula is C14H18N2O3. The van der Waals surface area contributed by atoms with Crippen LogP contribution in [0.5, 0.6) is 0 Å². The summed E-state index contributed by atoms with van der Waals surface area (Å²) in [4.78, 5) is 23.7. The first-order valence-electron chi connectivity index (χ1n) is 6.23. The van der Waals surface area contributed by atoms with Crippen LogP contribution in [0.4, 0.5) is 0 Å². The summed E-state index contributed by atoms with van der Waals surface area (Å²) >= 11 is 0. The summed E-state index contributed by atoms with van der Waals surface area (Å²) in [6.07, 6.45) is 0. The maximum atomic E-state index is 12.2. The quantitative estimate of drug-likeness (QED) is 0.792. The van der Waals surface area contributed by atoms with Crippen molar-refractivity contribution in [1.82, 2.24) is 9.13 Å². The lowest BCUT2D eigenvalue weighted by Crippen LogP contribution is -2.24. The molecule has 0 aliphatic rings. The molecule has 0 aliphatic carbocycles. The average molecular weight is 262 g/mol. The molecule has 0 bridgehead atoms. The number of imidazole rings is 1. The summed E-state index contributed by atoms with van der Waals surface area (Å²) in [5.74, 6) is -0.0189. The molecule has 2 aromatic rings. The molecule has 0 saturated heterocycles. The summed E-state index contributed by atoms with van der Waals surface area (Å²) in [5, 5.41) is 0. The zero-order valence-corrected chi connectivity index (χ0v) is 11.6. The molecule has 5 heteroatoms. The van der Waals surface area contributed by atoms with E-state index in [1.807, 2.05) is 0 Å². The minimum Gasteiger partial charge on any atom is -0.465 e. The Balaban J connectivity index is 2.65. The number of carbonyl (C=O) groups excluding carboxylic acids is 1. The maximum absolute atomic E-state index is 12.2. The summed E-state index contributed by atoms with van der Waals surface area (Å²) in [6, 6.07) is 5.18. The van der Waals surface area contributed by atoms with Crippen LogP contribution in [-0.2, 0) is 18.3 Å². The van der Waals surface area contributed by atoms with Gasteiger partial charge in [0.2, 0.25) is 0 Å². The van der Waals surface area contributed by atoms with E-state index in [0.29, 0.717) is 18.0 Å². The highest BCUT2D eigenvalue weighted by atomic mass is 16.5. The Kier molecular flexibility index (Phi) is 3.46. The lowest BCUT2D eigenvalue weighted by atomic mass is 10.2. The number of hydrogen-bond acceptors (Lipinski definition) is 3. The first-order valence-corrected chi connectivity index (χ1v) is 6.23. The normalized spacial score (nSPS) is 11.2. The summed E-state index contributed by atoms with van der Waals surface area (Å²) < 4.78 is 7.99. The van der Waals surface area contributed by atoms with E-state index in [1.54, 1.807) is 34.4 Å². The van der Waals surface area contributed by atoms with Gasteiger partial charge >= 0.3 is 11.7 Å². The molecule has 1 aromatic heterocycles. The third-order valence-corrected chi connectivity index (χ3v) is 3.11. The Bertz CT molecular complexity index is 680. The number of aromatic nitrogens is 2. The van der Waals surface area contributed by atoms with Gasteiger partial charge in [0.05, 0.1) is 23.7 Å². The number of methoxy groups -OCH3 is 1. The van der Waals surface area contributed by atoms with Crippen molar-refractivity contribution in [1.29, 1.82) is 0 Å². The number of benzene rings is 1. The van der Waals surface area contributed by atoms with Gasteiger partial charge in [-0.25, -0.2) is 9.59 Å². The number of aryl methyl sites for hydroxylation is 1. The van der Waals surface area contributed by atoms with Crippen molar-refractivity contribution in [2.24, 2.45) is 13.0 Å². The minimum atomic E-state index is -0.397. The Morgan fingerprint density at radius 1 is 1.32 bits per heavy atom. The fourth-order valence-electron chi connectivity index (χ4n) is 2.19. The zero-order valence-electron chi connectivity index (χ0n) is 11.6. The Labute approximate surface area is 111 Å². The average Bonchev–Trinajstić information content (AvgIpc) is 2.62. The highest BCUT2D eigenvalue weighted by Crippen LogP contribution is 2.16. The SMILES string of the molecule is COC(=O)c1ccc2c(c1)n(C)c(=O)n2CC(C)C. The van der Waals surface area contributed by atoms with Gasteiger partial charge in [-0.05, 0) is 24.1 Å². The van der Waals surface area contributed by atoms with Crippen molar-refractivity contribution in [3.05, 3.63) is 34.2 Å². The zero-order chi connectivity index (χ0) is 14.2. The highest BCUT2D eigenvalue weighted by molar-refractivity contribution is 5.93. The largest absolute Gasteiger partial charge is 0.465 e. The third-order valence-electron chi connectivity index (χ3n) is 3.11. The van der Waals surface area contributed by atoms with Gasteiger partial charge in [-0.1, -0.05) is 13.8 Å². The van der Waals surface area contributed by atoms with E-state index in [9.17, 15) is 9.59 Å². The molecule has 0 atom stereocenters. The Hall–Kier alpha value is -2.04. The van der Waals surface area contributed by atoms with Crippen LogP contribution in [0.15, 0.2) is 23.0 Å². The lowest BCUT2D eigenvalue weighted by molar-refractivity contribution is 0.0601. The van der Waals surface area contributed by atoms with Crippen molar-refractivity contribution >= 4 is 17.0 Å². The first kappa shape index (κ1) is 13.4. The molecule has 0 radical (unpaired) electrons. The molecule has 0 N–H and O–H groups in total. The number of hydrogen-bond donors (Lipinski definition) is 0. The van der Waals surface area contributed by atoms with Crippen molar-refractivity contribution in [3.63, 3.8) is 0 Å². The second kappa shape index (κ2) is 4.91. The summed E-state index contributed by atoms with van der Waals surface area (Å²) in [5.41, 5.74) is 1.97. The number of ether oxygens (including phenoxy) is 1. The van der Waals surface area contributed by atoms with Gasteiger partial charge in [-0.15, -0.1) is 0 Å². The Morgan fingerprint density at radius 2 is 2.00 bits per heavy atom. The van der Waals surface area contributed by atoms with Crippen LogP contribution in [0.2, 0.25) is 0 Å². The van der Waals surface area contributed by atoms with Crippen molar-refractivity contribution < 1.29 is 9.53 Å². The van der Waals surface area contributed by atoms with Gasteiger partial charge in [0.25, 0.3) is 0 Å².